The summed E-state index contributed by atoms with van der Waals surface area (Å²) in [6.07, 6.45) is 7.94. The molecule has 0 heterocycles. The molecule has 1 aliphatic rings. The van der Waals surface area contributed by atoms with E-state index >= 15 is 0 Å². The Bertz CT molecular complexity index is 387. The molecular formula is C18H29NO. The van der Waals surface area contributed by atoms with Crippen LogP contribution < -0.4 is 10.1 Å². The van der Waals surface area contributed by atoms with Gasteiger partial charge in [-0.2, -0.15) is 0 Å². The number of ether oxygens (including phenoxy) is 1. The minimum Gasteiger partial charge on any atom is -0.494 e. The minimum absolute atomic E-state index is 0.625. The molecule has 2 nitrogen and oxygen atoms in total. The van der Waals surface area contributed by atoms with E-state index in [1.807, 2.05) is 6.07 Å². The first-order valence-electron chi connectivity index (χ1n) is 8.20. The number of benzene rings is 1. The molecule has 1 aliphatic carbocycles. The van der Waals surface area contributed by atoms with Crippen molar-refractivity contribution in [2.45, 2.75) is 58.4 Å². The summed E-state index contributed by atoms with van der Waals surface area (Å²) >= 11 is 0. The average molecular weight is 275 g/mol. The fourth-order valence-electron chi connectivity index (χ4n) is 2.56. The summed E-state index contributed by atoms with van der Waals surface area (Å²) in [7, 11) is 0. The van der Waals surface area contributed by atoms with Crippen LogP contribution in [0.15, 0.2) is 24.3 Å². The predicted molar refractivity (Wildman–Crippen MR) is 85.3 cm³/mol. The zero-order chi connectivity index (χ0) is 14.2. The molecule has 1 aromatic carbocycles. The number of aryl methyl sites for hydroxylation is 1. The number of rotatable bonds is 10. The lowest BCUT2D eigenvalue weighted by molar-refractivity contribution is 0.278. The summed E-state index contributed by atoms with van der Waals surface area (Å²) in [4.78, 5) is 0. The normalized spacial score (nSPS) is 16.1. The SMILES string of the molecule is CCCNC(CCOc1cccc(C)c1)CCC1CC1. The van der Waals surface area contributed by atoms with Crippen molar-refractivity contribution < 1.29 is 4.74 Å². The van der Waals surface area contributed by atoms with Crippen molar-refractivity contribution in [3.05, 3.63) is 29.8 Å². The van der Waals surface area contributed by atoms with Crippen LogP contribution in [0.2, 0.25) is 0 Å². The highest BCUT2D eigenvalue weighted by molar-refractivity contribution is 5.27. The molecule has 2 heteroatoms. The largest absolute Gasteiger partial charge is 0.494 e. The van der Waals surface area contributed by atoms with Gasteiger partial charge in [0, 0.05) is 6.04 Å². The fraction of sp³-hybridized carbons (Fsp3) is 0.667. The Morgan fingerprint density at radius 2 is 2.15 bits per heavy atom. The van der Waals surface area contributed by atoms with Crippen molar-refractivity contribution in [1.82, 2.24) is 5.32 Å². The van der Waals surface area contributed by atoms with Crippen molar-refractivity contribution in [2.75, 3.05) is 13.2 Å². The summed E-state index contributed by atoms with van der Waals surface area (Å²) in [5, 5.41) is 3.67. The van der Waals surface area contributed by atoms with Crippen LogP contribution in [0.25, 0.3) is 0 Å². The van der Waals surface area contributed by atoms with Crippen molar-refractivity contribution in [1.29, 1.82) is 0 Å². The standard InChI is InChI=1S/C18H29NO/c1-3-12-19-17(10-9-16-7-8-16)11-13-20-18-6-4-5-15(2)14-18/h4-6,14,16-17,19H,3,7-13H2,1-2H3. The smallest absolute Gasteiger partial charge is 0.119 e. The van der Waals surface area contributed by atoms with Crippen LogP contribution in [-0.2, 0) is 0 Å². The molecule has 112 valence electrons. The molecule has 0 aromatic heterocycles. The molecule has 0 aliphatic heterocycles. The van der Waals surface area contributed by atoms with Crippen LogP contribution in [-0.4, -0.2) is 19.2 Å². The topological polar surface area (TPSA) is 21.3 Å². The van der Waals surface area contributed by atoms with E-state index in [-0.39, 0.29) is 0 Å². The lowest BCUT2D eigenvalue weighted by Gasteiger charge is -2.18. The van der Waals surface area contributed by atoms with Crippen molar-refractivity contribution in [3.8, 4) is 5.75 Å². The van der Waals surface area contributed by atoms with Crippen LogP contribution in [0.4, 0.5) is 0 Å². The van der Waals surface area contributed by atoms with Crippen LogP contribution >= 0.6 is 0 Å². The molecule has 1 unspecified atom stereocenters. The number of hydrogen-bond donors (Lipinski definition) is 1. The van der Waals surface area contributed by atoms with Gasteiger partial charge in [0.25, 0.3) is 0 Å². The summed E-state index contributed by atoms with van der Waals surface area (Å²) in [6, 6.07) is 8.95. The average Bonchev–Trinajstić information content (AvgIpc) is 3.25. The van der Waals surface area contributed by atoms with Gasteiger partial charge in [0.1, 0.15) is 5.75 Å². The maximum Gasteiger partial charge on any atom is 0.119 e. The van der Waals surface area contributed by atoms with E-state index in [0.717, 1.165) is 31.2 Å². The van der Waals surface area contributed by atoms with Gasteiger partial charge in [-0.1, -0.05) is 31.9 Å². The van der Waals surface area contributed by atoms with E-state index < -0.39 is 0 Å². The van der Waals surface area contributed by atoms with Crippen LogP contribution in [0.5, 0.6) is 5.75 Å². The summed E-state index contributed by atoms with van der Waals surface area (Å²) < 4.78 is 5.88. The molecular weight excluding hydrogens is 246 g/mol. The van der Waals surface area contributed by atoms with Crippen molar-refractivity contribution >= 4 is 0 Å². The molecule has 0 spiro atoms. The van der Waals surface area contributed by atoms with Gasteiger partial charge in [-0.05, 0) is 62.8 Å². The van der Waals surface area contributed by atoms with Gasteiger partial charge in [0.15, 0.2) is 0 Å². The van der Waals surface area contributed by atoms with Gasteiger partial charge in [0.2, 0.25) is 0 Å². The zero-order valence-corrected chi connectivity index (χ0v) is 13.0. The molecule has 1 aromatic rings. The predicted octanol–water partition coefficient (Wildman–Crippen LogP) is 4.32. The minimum atomic E-state index is 0.625. The van der Waals surface area contributed by atoms with Crippen molar-refractivity contribution in [3.63, 3.8) is 0 Å². The molecule has 1 fully saturated rings. The molecule has 0 bridgehead atoms. The summed E-state index contributed by atoms with van der Waals surface area (Å²) in [5.74, 6) is 2.03. The molecule has 1 N–H and O–H groups in total. The van der Waals surface area contributed by atoms with Crippen LogP contribution in [0.1, 0.15) is 51.0 Å². The Hall–Kier alpha value is -1.02. The molecule has 20 heavy (non-hydrogen) atoms. The summed E-state index contributed by atoms with van der Waals surface area (Å²) in [5.41, 5.74) is 1.26. The highest BCUT2D eigenvalue weighted by Crippen LogP contribution is 2.34. The Morgan fingerprint density at radius 3 is 2.85 bits per heavy atom. The first-order chi connectivity index (χ1) is 9.78. The number of nitrogens with one attached hydrogen (secondary N) is 1. The third-order valence-electron chi connectivity index (χ3n) is 4.03. The van der Waals surface area contributed by atoms with Crippen LogP contribution in [0, 0.1) is 12.8 Å². The van der Waals surface area contributed by atoms with Gasteiger partial charge >= 0.3 is 0 Å². The first kappa shape index (κ1) is 15.4. The molecule has 0 saturated heterocycles. The lowest BCUT2D eigenvalue weighted by Crippen LogP contribution is -2.31. The zero-order valence-electron chi connectivity index (χ0n) is 13.0. The van der Waals surface area contributed by atoms with Gasteiger partial charge in [0.05, 0.1) is 6.61 Å². The maximum absolute atomic E-state index is 5.88. The molecule has 2 rings (SSSR count). The van der Waals surface area contributed by atoms with Gasteiger partial charge in [-0.25, -0.2) is 0 Å². The molecule has 1 saturated carbocycles. The monoisotopic (exact) mass is 275 g/mol. The van der Waals surface area contributed by atoms with Gasteiger partial charge in [-0.3, -0.25) is 0 Å². The Labute approximate surface area is 123 Å². The third-order valence-corrected chi connectivity index (χ3v) is 4.03. The summed E-state index contributed by atoms with van der Waals surface area (Å²) in [6.45, 7) is 6.28. The van der Waals surface area contributed by atoms with E-state index in [0.29, 0.717) is 6.04 Å². The fourth-order valence-corrected chi connectivity index (χ4v) is 2.56. The van der Waals surface area contributed by atoms with E-state index in [9.17, 15) is 0 Å². The Morgan fingerprint density at radius 1 is 1.30 bits per heavy atom. The molecule has 0 amide bonds. The Balaban J connectivity index is 1.69. The highest BCUT2D eigenvalue weighted by Gasteiger charge is 2.22. The van der Waals surface area contributed by atoms with E-state index in [1.54, 1.807) is 0 Å². The second-order valence-corrected chi connectivity index (χ2v) is 6.13. The Kier molecular flexibility index (Phi) is 6.38. The first-order valence-corrected chi connectivity index (χ1v) is 8.20. The molecule has 0 radical (unpaired) electrons. The quantitative estimate of drug-likeness (QED) is 0.686. The lowest BCUT2D eigenvalue weighted by atomic mass is 10.1. The second-order valence-electron chi connectivity index (χ2n) is 6.13. The van der Waals surface area contributed by atoms with Crippen molar-refractivity contribution in [2.24, 2.45) is 5.92 Å². The number of hydrogen-bond acceptors (Lipinski definition) is 2. The van der Waals surface area contributed by atoms with Crippen LogP contribution in [0.3, 0.4) is 0 Å². The van der Waals surface area contributed by atoms with E-state index in [4.69, 9.17) is 4.74 Å². The van der Waals surface area contributed by atoms with E-state index in [2.05, 4.69) is 37.4 Å². The third kappa shape index (κ3) is 5.96. The van der Waals surface area contributed by atoms with Gasteiger partial charge < -0.3 is 10.1 Å². The molecule has 1 atom stereocenters. The van der Waals surface area contributed by atoms with E-state index in [1.165, 1.54) is 37.7 Å². The maximum atomic E-state index is 5.88. The highest BCUT2D eigenvalue weighted by atomic mass is 16.5. The van der Waals surface area contributed by atoms with Gasteiger partial charge in [-0.15, -0.1) is 0 Å². The second kappa shape index (κ2) is 8.31.